The molecule has 0 bridgehead atoms. The molecule has 0 N–H and O–H groups in total. The highest BCUT2D eigenvalue weighted by Gasteiger charge is 2.20. The van der Waals surface area contributed by atoms with Crippen LogP contribution in [0.3, 0.4) is 0 Å². The Kier molecular flexibility index (Phi) is 4.02. The van der Waals surface area contributed by atoms with E-state index in [4.69, 9.17) is 4.74 Å². The highest BCUT2D eigenvalue weighted by molar-refractivity contribution is 5.91. The van der Waals surface area contributed by atoms with Crippen LogP contribution in [0.25, 0.3) is 21.9 Å². The number of rotatable bonds is 3. The van der Waals surface area contributed by atoms with E-state index in [9.17, 15) is 0 Å². The van der Waals surface area contributed by atoms with E-state index in [1.54, 1.807) is 7.11 Å². The van der Waals surface area contributed by atoms with Gasteiger partial charge in [0.15, 0.2) is 0 Å². The van der Waals surface area contributed by atoms with Gasteiger partial charge >= 0.3 is 0 Å². The van der Waals surface area contributed by atoms with Crippen molar-refractivity contribution in [2.75, 3.05) is 7.11 Å². The summed E-state index contributed by atoms with van der Waals surface area (Å²) in [4.78, 5) is 0. The van der Waals surface area contributed by atoms with Crippen LogP contribution in [-0.2, 0) is 19.3 Å². The highest BCUT2D eigenvalue weighted by Crippen LogP contribution is 2.41. The molecule has 0 amide bonds. The third kappa shape index (κ3) is 2.49. The third-order valence-electron chi connectivity index (χ3n) is 5.34. The van der Waals surface area contributed by atoms with Crippen LogP contribution in [0.2, 0.25) is 0 Å². The second-order valence-electron chi connectivity index (χ2n) is 6.70. The third-order valence-corrected chi connectivity index (χ3v) is 5.34. The lowest BCUT2D eigenvalue weighted by molar-refractivity contribution is 0.415. The SMILES string of the molecule is CCc1cc2ccccc2cc1-c1c(OC)ccc2c1CCCC2. The van der Waals surface area contributed by atoms with Crippen LogP contribution in [0.4, 0.5) is 0 Å². The fourth-order valence-electron chi connectivity index (χ4n) is 4.08. The predicted molar refractivity (Wildman–Crippen MR) is 102 cm³/mol. The van der Waals surface area contributed by atoms with Crippen molar-refractivity contribution >= 4 is 10.8 Å². The molecular weight excluding hydrogens is 292 g/mol. The highest BCUT2D eigenvalue weighted by atomic mass is 16.5. The zero-order valence-electron chi connectivity index (χ0n) is 14.6. The van der Waals surface area contributed by atoms with Gasteiger partial charge in [0, 0.05) is 5.56 Å². The van der Waals surface area contributed by atoms with Crippen molar-refractivity contribution in [2.24, 2.45) is 0 Å². The van der Waals surface area contributed by atoms with Crippen LogP contribution in [0.15, 0.2) is 48.5 Å². The van der Waals surface area contributed by atoms with Gasteiger partial charge in [-0.3, -0.25) is 0 Å². The van der Waals surface area contributed by atoms with Crippen molar-refractivity contribution in [1.82, 2.24) is 0 Å². The molecule has 0 fully saturated rings. The quantitative estimate of drug-likeness (QED) is 0.579. The molecule has 1 nitrogen and oxygen atoms in total. The predicted octanol–water partition coefficient (Wildman–Crippen LogP) is 5.96. The average Bonchev–Trinajstić information content (AvgIpc) is 2.66. The molecule has 0 radical (unpaired) electrons. The Morgan fingerprint density at radius 1 is 0.917 bits per heavy atom. The summed E-state index contributed by atoms with van der Waals surface area (Å²) in [6, 6.07) is 17.8. The largest absolute Gasteiger partial charge is 0.496 e. The molecule has 4 rings (SSSR count). The lowest BCUT2D eigenvalue weighted by Crippen LogP contribution is -2.06. The summed E-state index contributed by atoms with van der Waals surface area (Å²) >= 11 is 0. The van der Waals surface area contributed by atoms with Crippen molar-refractivity contribution in [3.63, 3.8) is 0 Å². The molecule has 3 aromatic rings. The van der Waals surface area contributed by atoms with Gasteiger partial charge in [-0.2, -0.15) is 0 Å². The smallest absolute Gasteiger partial charge is 0.126 e. The molecule has 0 aliphatic heterocycles. The Hall–Kier alpha value is -2.28. The average molecular weight is 316 g/mol. The number of aryl methyl sites for hydroxylation is 2. The van der Waals surface area contributed by atoms with E-state index in [1.807, 2.05) is 0 Å². The molecule has 24 heavy (non-hydrogen) atoms. The van der Waals surface area contributed by atoms with Crippen LogP contribution >= 0.6 is 0 Å². The number of benzene rings is 3. The van der Waals surface area contributed by atoms with E-state index in [2.05, 4.69) is 55.5 Å². The summed E-state index contributed by atoms with van der Waals surface area (Å²) in [5, 5.41) is 2.63. The first kappa shape index (κ1) is 15.3. The van der Waals surface area contributed by atoms with E-state index in [0.717, 1.165) is 18.6 Å². The van der Waals surface area contributed by atoms with Crippen molar-refractivity contribution in [3.8, 4) is 16.9 Å². The Morgan fingerprint density at radius 2 is 1.67 bits per heavy atom. The van der Waals surface area contributed by atoms with Crippen LogP contribution < -0.4 is 4.74 Å². The van der Waals surface area contributed by atoms with Gasteiger partial charge in [0.1, 0.15) is 5.75 Å². The van der Waals surface area contributed by atoms with Gasteiger partial charge in [0.05, 0.1) is 7.11 Å². The molecule has 3 aromatic carbocycles. The van der Waals surface area contributed by atoms with Crippen LogP contribution in [-0.4, -0.2) is 7.11 Å². The lowest BCUT2D eigenvalue weighted by Gasteiger charge is -2.23. The second kappa shape index (κ2) is 6.32. The van der Waals surface area contributed by atoms with Crippen molar-refractivity contribution in [1.29, 1.82) is 0 Å². The molecule has 0 heterocycles. The Morgan fingerprint density at radius 3 is 2.42 bits per heavy atom. The van der Waals surface area contributed by atoms with Gasteiger partial charge in [-0.1, -0.05) is 43.3 Å². The summed E-state index contributed by atoms with van der Waals surface area (Å²) in [6.07, 6.45) is 5.98. The standard InChI is InChI=1S/C23H24O/c1-3-16-14-18-9-4-5-10-19(18)15-21(16)23-20-11-7-6-8-17(20)12-13-22(23)24-2/h4-5,9-10,12-15H,3,6-8,11H2,1-2H3. The number of ether oxygens (including phenoxy) is 1. The first-order valence-electron chi connectivity index (χ1n) is 9.02. The normalized spacial score (nSPS) is 13.8. The van der Waals surface area contributed by atoms with Crippen molar-refractivity contribution in [2.45, 2.75) is 39.0 Å². The van der Waals surface area contributed by atoms with E-state index < -0.39 is 0 Å². The Bertz CT molecular complexity index is 892. The van der Waals surface area contributed by atoms with Gasteiger partial charge < -0.3 is 4.74 Å². The summed E-state index contributed by atoms with van der Waals surface area (Å²) in [6.45, 7) is 2.25. The Labute approximate surface area is 144 Å². The number of hydrogen-bond acceptors (Lipinski definition) is 1. The molecule has 1 aliphatic carbocycles. The van der Waals surface area contributed by atoms with Gasteiger partial charge in [-0.25, -0.2) is 0 Å². The van der Waals surface area contributed by atoms with E-state index >= 15 is 0 Å². The van der Waals surface area contributed by atoms with Crippen molar-refractivity contribution in [3.05, 3.63) is 65.2 Å². The fraction of sp³-hybridized carbons (Fsp3) is 0.304. The molecule has 0 saturated heterocycles. The van der Waals surface area contributed by atoms with Crippen LogP contribution in [0.1, 0.15) is 36.5 Å². The molecule has 1 aliphatic rings. The second-order valence-corrected chi connectivity index (χ2v) is 6.70. The maximum absolute atomic E-state index is 5.78. The molecule has 0 aromatic heterocycles. The summed E-state index contributed by atoms with van der Waals surface area (Å²) in [7, 11) is 1.79. The van der Waals surface area contributed by atoms with Crippen molar-refractivity contribution < 1.29 is 4.74 Å². The van der Waals surface area contributed by atoms with Gasteiger partial charge in [-0.15, -0.1) is 0 Å². The monoisotopic (exact) mass is 316 g/mol. The van der Waals surface area contributed by atoms with E-state index in [0.29, 0.717) is 0 Å². The molecule has 122 valence electrons. The van der Waals surface area contributed by atoms with Gasteiger partial charge in [0.2, 0.25) is 0 Å². The van der Waals surface area contributed by atoms with Gasteiger partial charge in [-0.05, 0) is 77.3 Å². The molecule has 1 heteroatoms. The first-order chi connectivity index (χ1) is 11.8. The molecular formula is C23H24O. The lowest BCUT2D eigenvalue weighted by atomic mass is 9.83. The zero-order chi connectivity index (χ0) is 16.5. The maximum Gasteiger partial charge on any atom is 0.126 e. The molecule has 0 atom stereocenters. The minimum absolute atomic E-state index is 1.01. The summed E-state index contributed by atoms with van der Waals surface area (Å²) in [5.74, 6) is 1.01. The fourth-order valence-corrected chi connectivity index (χ4v) is 4.08. The Balaban J connectivity index is 2.03. The first-order valence-corrected chi connectivity index (χ1v) is 9.02. The van der Waals surface area contributed by atoms with Crippen LogP contribution in [0.5, 0.6) is 5.75 Å². The van der Waals surface area contributed by atoms with E-state index in [1.165, 1.54) is 57.9 Å². The van der Waals surface area contributed by atoms with E-state index in [-0.39, 0.29) is 0 Å². The van der Waals surface area contributed by atoms with Gasteiger partial charge in [0.25, 0.3) is 0 Å². The number of fused-ring (bicyclic) bond motifs is 2. The number of methoxy groups -OCH3 is 1. The zero-order valence-corrected chi connectivity index (χ0v) is 14.6. The summed E-state index contributed by atoms with van der Waals surface area (Å²) < 4.78 is 5.78. The summed E-state index contributed by atoms with van der Waals surface area (Å²) in [5.41, 5.74) is 7.10. The minimum Gasteiger partial charge on any atom is -0.496 e. The molecule has 0 saturated carbocycles. The molecule has 0 unspecified atom stereocenters. The maximum atomic E-state index is 5.78. The van der Waals surface area contributed by atoms with Crippen LogP contribution in [0, 0.1) is 0 Å². The topological polar surface area (TPSA) is 9.23 Å². The minimum atomic E-state index is 1.01. The number of hydrogen-bond donors (Lipinski definition) is 0. The molecule has 0 spiro atoms.